The van der Waals surface area contributed by atoms with Crippen LogP contribution in [0.4, 0.5) is 0 Å². The second-order valence-electron chi connectivity index (χ2n) is 5.29. The second-order valence-corrected chi connectivity index (χ2v) is 5.29. The van der Waals surface area contributed by atoms with E-state index in [2.05, 4.69) is 30.3 Å². The zero-order chi connectivity index (χ0) is 14.5. The summed E-state index contributed by atoms with van der Waals surface area (Å²) in [6.07, 6.45) is 1.51. The molecular formula is C18H20O2. The van der Waals surface area contributed by atoms with E-state index < -0.39 is 0 Å². The third-order valence-corrected chi connectivity index (χ3v) is 3.74. The number of ketones is 2. The molecule has 0 unspecified atom stereocenters. The normalized spacial score (nSPS) is 12.3. The first kappa shape index (κ1) is 14.4. The number of fused-ring (bicyclic) bond motifs is 1. The summed E-state index contributed by atoms with van der Waals surface area (Å²) in [5.41, 5.74) is 1.12. The Kier molecular flexibility index (Phi) is 4.67. The van der Waals surface area contributed by atoms with Crippen LogP contribution in [0, 0.1) is 5.92 Å². The summed E-state index contributed by atoms with van der Waals surface area (Å²) in [6.45, 7) is 3.42. The summed E-state index contributed by atoms with van der Waals surface area (Å²) in [4.78, 5) is 23.3. The van der Waals surface area contributed by atoms with Gasteiger partial charge in [-0.2, -0.15) is 0 Å². The van der Waals surface area contributed by atoms with Crippen LogP contribution in [0.15, 0.2) is 42.5 Å². The van der Waals surface area contributed by atoms with Crippen LogP contribution >= 0.6 is 0 Å². The van der Waals surface area contributed by atoms with Crippen molar-refractivity contribution in [3.05, 3.63) is 48.0 Å². The number of hydrogen-bond acceptors (Lipinski definition) is 2. The number of Topliss-reactive ketones (excluding diaryl/α,β-unsaturated/α-hetero) is 2. The molecule has 1 atom stereocenters. The summed E-state index contributed by atoms with van der Waals surface area (Å²) in [5.74, 6) is 0.0644. The van der Waals surface area contributed by atoms with E-state index in [1.54, 1.807) is 6.92 Å². The highest BCUT2D eigenvalue weighted by Crippen LogP contribution is 2.20. The molecule has 2 rings (SSSR count). The van der Waals surface area contributed by atoms with E-state index in [-0.39, 0.29) is 17.5 Å². The van der Waals surface area contributed by atoms with Crippen molar-refractivity contribution in [1.29, 1.82) is 0 Å². The molecule has 0 aliphatic carbocycles. The lowest BCUT2D eigenvalue weighted by Gasteiger charge is -2.13. The molecule has 20 heavy (non-hydrogen) atoms. The Morgan fingerprint density at radius 2 is 1.75 bits per heavy atom. The van der Waals surface area contributed by atoms with Gasteiger partial charge in [0.25, 0.3) is 0 Å². The molecule has 2 nitrogen and oxygen atoms in total. The first-order valence-electron chi connectivity index (χ1n) is 7.10. The maximum absolute atomic E-state index is 11.7. The molecule has 0 aliphatic heterocycles. The van der Waals surface area contributed by atoms with Crippen molar-refractivity contribution in [1.82, 2.24) is 0 Å². The molecule has 104 valence electrons. The summed E-state index contributed by atoms with van der Waals surface area (Å²) in [7, 11) is 0. The summed E-state index contributed by atoms with van der Waals surface area (Å²) >= 11 is 0. The van der Waals surface area contributed by atoms with Gasteiger partial charge in [-0.05, 0) is 29.7 Å². The Bertz CT molecular complexity index is 628. The van der Waals surface area contributed by atoms with Gasteiger partial charge in [0.05, 0.1) is 0 Å². The van der Waals surface area contributed by atoms with Crippen LogP contribution in [0.2, 0.25) is 0 Å². The SMILES string of the molecule is CCC(=O)C[C@H](Cc1ccc2ccccc2c1)C(C)=O. The highest BCUT2D eigenvalue weighted by Gasteiger charge is 2.18. The van der Waals surface area contributed by atoms with E-state index in [0.717, 1.165) is 5.56 Å². The van der Waals surface area contributed by atoms with Gasteiger partial charge < -0.3 is 0 Å². The third-order valence-electron chi connectivity index (χ3n) is 3.74. The molecule has 0 fully saturated rings. The fraction of sp³-hybridized carbons (Fsp3) is 0.333. The van der Waals surface area contributed by atoms with E-state index >= 15 is 0 Å². The fourth-order valence-corrected chi connectivity index (χ4v) is 2.43. The lowest BCUT2D eigenvalue weighted by Crippen LogP contribution is -2.18. The molecule has 0 spiro atoms. The van der Waals surface area contributed by atoms with Gasteiger partial charge in [0, 0.05) is 18.8 Å². The summed E-state index contributed by atoms with van der Waals surface area (Å²) < 4.78 is 0. The second kappa shape index (κ2) is 6.47. The van der Waals surface area contributed by atoms with Crippen molar-refractivity contribution in [2.24, 2.45) is 5.92 Å². The largest absolute Gasteiger partial charge is 0.300 e. The van der Waals surface area contributed by atoms with Crippen LogP contribution < -0.4 is 0 Å². The monoisotopic (exact) mass is 268 g/mol. The predicted octanol–water partition coefficient (Wildman–Crippen LogP) is 3.96. The highest BCUT2D eigenvalue weighted by molar-refractivity contribution is 5.87. The van der Waals surface area contributed by atoms with Gasteiger partial charge in [-0.25, -0.2) is 0 Å². The Balaban J connectivity index is 2.19. The van der Waals surface area contributed by atoms with Crippen molar-refractivity contribution in [2.45, 2.75) is 33.1 Å². The molecule has 0 bridgehead atoms. The topological polar surface area (TPSA) is 34.1 Å². The van der Waals surface area contributed by atoms with Crippen molar-refractivity contribution in [2.75, 3.05) is 0 Å². The molecule has 0 aliphatic rings. The number of carbonyl (C=O) groups is 2. The fourth-order valence-electron chi connectivity index (χ4n) is 2.43. The smallest absolute Gasteiger partial charge is 0.133 e. The minimum atomic E-state index is -0.191. The van der Waals surface area contributed by atoms with Crippen LogP contribution in [0.3, 0.4) is 0 Å². The molecule has 0 N–H and O–H groups in total. The molecule has 0 aromatic heterocycles. The number of carbonyl (C=O) groups excluding carboxylic acids is 2. The van der Waals surface area contributed by atoms with Gasteiger partial charge in [0.2, 0.25) is 0 Å². The molecular weight excluding hydrogens is 248 g/mol. The van der Waals surface area contributed by atoms with E-state index in [0.29, 0.717) is 19.3 Å². The van der Waals surface area contributed by atoms with Crippen molar-refractivity contribution in [3.63, 3.8) is 0 Å². The lowest BCUT2D eigenvalue weighted by molar-refractivity contribution is -0.126. The van der Waals surface area contributed by atoms with Crippen LogP contribution in [-0.4, -0.2) is 11.6 Å². The predicted molar refractivity (Wildman–Crippen MR) is 81.7 cm³/mol. The number of benzene rings is 2. The summed E-state index contributed by atoms with van der Waals surface area (Å²) in [6, 6.07) is 14.4. The summed E-state index contributed by atoms with van der Waals surface area (Å²) in [5, 5.41) is 2.37. The molecule has 2 aromatic rings. The van der Waals surface area contributed by atoms with Crippen LogP contribution in [0.25, 0.3) is 10.8 Å². The van der Waals surface area contributed by atoms with E-state index in [1.165, 1.54) is 10.8 Å². The molecule has 0 heterocycles. The quantitative estimate of drug-likeness (QED) is 0.794. The van der Waals surface area contributed by atoms with Gasteiger partial charge in [-0.15, -0.1) is 0 Å². The first-order valence-corrected chi connectivity index (χ1v) is 7.10. The van der Waals surface area contributed by atoms with Gasteiger partial charge in [0.1, 0.15) is 11.6 Å². The number of hydrogen-bond donors (Lipinski definition) is 0. The van der Waals surface area contributed by atoms with Crippen molar-refractivity contribution < 1.29 is 9.59 Å². The zero-order valence-corrected chi connectivity index (χ0v) is 12.1. The van der Waals surface area contributed by atoms with Gasteiger partial charge >= 0.3 is 0 Å². The molecule has 0 amide bonds. The van der Waals surface area contributed by atoms with E-state index in [1.807, 2.05) is 19.1 Å². The molecule has 2 heteroatoms. The third kappa shape index (κ3) is 3.53. The lowest BCUT2D eigenvalue weighted by atomic mass is 9.90. The average molecular weight is 268 g/mol. The van der Waals surface area contributed by atoms with Gasteiger partial charge in [-0.1, -0.05) is 49.4 Å². The van der Waals surface area contributed by atoms with E-state index in [4.69, 9.17) is 0 Å². The van der Waals surface area contributed by atoms with Crippen LogP contribution in [0.1, 0.15) is 32.3 Å². The van der Waals surface area contributed by atoms with Crippen LogP contribution in [0.5, 0.6) is 0 Å². The van der Waals surface area contributed by atoms with E-state index in [9.17, 15) is 9.59 Å². The Labute approximate surface area is 119 Å². The molecule has 0 saturated heterocycles. The maximum atomic E-state index is 11.7. The zero-order valence-electron chi connectivity index (χ0n) is 12.1. The molecule has 0 saturated carbocycles. The molecule has 0 radical (unpaired) electrons. The van der Waals surface area contributed by atoms with Gasteiger partial charge in [-0.3, -0.25) is 9.59 Å². The Morgan fingerprint density at radius 1 is 1.05 bits per heavy atom. The molecule has 2 aromatic carbocycles. The van der Waals surface area contributed by atoms with Crippen LogP contribution in [-0.2, 0) is 16.0 Å². The maximum Gasteiger partial charge on any atom is 0.133 e. The standard InChI is InChI=1S/C18H20O2/c1-3-18(20)12-17(13(2)19)11-14-8-9-15-6-4-5-7-16(15)10-14/h4-10,17H,3,11-12H2,1-2H3/t17-/m0/s1. The number of rotatable bonds is 6. The van der Waals surface area contributed by atoms with Crippen molar-refractivity contribution >= 4 is 22.3 Å². The van der Waals surface area contributed by atoms with Gasteiger partial charge in [0.15, 0.2) is 0 Å². The minimum Gasteiger partial charge on any atom is -0.300 e. The Hall–Kier alpha value is -1.96. The minimum absolute atomic E-state index is 0.0972. The highest BCUT2D eigenvalue weighted by atomic mass is 16.1. The Morgan fingerprint density at radius 3 is 2.40 bits per heavy atom. The average Bonchev–Trinajstić information content (AvgIpc) is 2.46. The van der Waals surface area contributed by atoms with Crippen molar-refractivity contribution in [3.8, 4) is 0 Å². The first-order chi connectivity index (χ1) is 9.60.